The minimum atomic E-state index is 0.412. The standard InChI is InChI=1S/C29H28N2/c1-21-7-10-25(11-8-21)28-14-13-26(22(2)15-28)17-29-18-30-20-31(29)19-23-9-12-24-5-3-4-6-27(24)16-23/h3-16,20,29H,17-19H2,1-2H3. The van der Waals surface area contributed by atoms with Crippen molar-refractivity contribution in [2.45, 2.75) is 32.9 Å². The van der Waals surface area contributed by atoms with Gasteiger partial charge >= 0.3 is 0 Å². The van der Waals surface area contributed by atoms with Crippen LogP contribution in [0.5, 0.6) is 0 Å². The van der Waals surface area contributed by atoms with Gasteiger partial charge in [-0.15, -0.1) is 0 Å². The maximum atomic E-state index is 4.60. The first-order valence-electron chi connectivity index (χ1n) is 11.1. The van der Waals surface area contributed by atoms with E-state index >= 15 is 0 Å². The van der Waals surface area contributed by atoms with Crippen LogP contribution in [0.4, 0.5) is 0 Å². The van der Waals surface area contributed by atoms with E-state index in [1.165, 1.54) is 44.2 Å². The van der Waals surface area contributed by atoms with E-state index in [1.54, 1.807) is 0 Å². The Morgan fingerprint density at radius 2 is 1.58 bits per heavy atom. The first kappa shape index (κ1) is 19.6. The molecule has 4 aromatic carbocycles. The van der Waals surface area contributed by atoms with Gasteiger partial charge in [-0.25, -0.2) is 0 Å². The van der Waals surface area contributed by atoms with Crippen molar-refractivity contribution < 1.29 is 0 Å². The molecule has 2 heteroatoms. The number of hydrogen-bond acceptors (Lipinski definition) is 2. The summed E-state index contributed by atoms with van der Waals surface area (Å²) < 4.78 is 0. The Kier molecular flexibility index (Phi) is 5.30. The van der Waals surface area contributed by atoms with Crippen LogP contribution in [0.3, 0.4) is 0 Å². The van der Waals surface area contributed by atoms with Crippen LogP contribution < -0.4 is 0 Å². The third-order valence-electron chi connectivity index (χ3n) is 6.38. The minimum absolute atomic E-state index is 0.412. The number of rotatable bonds is 5. The number of aryl methyl sites for hydroxylation is 2. The molecule has 1 aliphatic rings. The van der Waals surface area contributed by atoms with Crippen molar-refractivity contribution in [2.24, 2.45) is 4.99 Å². The number of aliphatic imine (C=N–C) groups is 1. The maximum Gasteiger partial charge on any atom is 0.0857 e. The van der Waals surface area contributed by atoms with Gasteiger partial charge in [0.2, 0.25) is 0 Å². The Morgan fingerprint density at radius 1 is 0.806 bits per heavy atom. The van der Waals surface area contributed by atoms with E-state index in [0.717, 1.165) is 19.5 Å². The Morgan fingerprint density at radius 3 is 2.39 bits per heavy atom. The molecule has 5 rings (SSSR count). The van der Waals surface area contributed by atoms with Gasteiger partial charge in [-0.2, -0.15) is 0 Å². The van der Waals surface area contributed by atoms with Crippen molar-refractivity contribution in [3.8, 4) is 11.1 Å². The first-order chi connectivity index (χ1) is 15.2. The number of hydrogen-bond donors (Lipinski definition) is 0. The van der Waals surface area contributed by atoms with Crippen molar-refractivity contribution in [1.29, 1.82) is 0 Å². The van der Waals surface area contributed by atoms with Gasteiger partial charge in [-0.1, -0.05) is 84.4 Å². The summed E-state index contributed by atoms with van der Waals surface area (Å²) in [5, 5.41) is 2.59. The molecule has 1 heterocycles. The fourth-order valence-electron chi connectivity index (χ4n) is 4.48. The Labute approximate surface area is 184 Å². The number of nitrogens with zero attached hydrogens (tertiary/aromatic N) is 2. The zero-order valence-electron chi connectivity index (χ0n) is 18.3. The highest BCUT2D eigenvalue weighted by molar-refractivity contribution is 5.83. The van der Waals surface area contributed by atoms with E-state index in [1.807, 2.05) is 6.34 Å². The molecule has 0 aliphatic carbocycles. The summed E-state index contributed by atoms with van der Waals surface area (Å²) in [5.41, 5.74) is 7.97. The zero-order valence-corrected chi connectivity index (χ0v) is 18.3. The van der Waals surface area contributed by atoms with E-state index in [-0.39, 0.29) is 0 Å². The van der Waals surface area contributed by atoms with Gasteiger partial charge in [0, 0.05) is 6.54 Å². The highest BCUT2D eigenvalue weighted by Crippen LogP contribution is 2.25. The quantitative estimate of drug-likeness (QED) is 0.367. The van der Waals surface area contributed by atoms with Gasteiger partial charge in [0.15, 0.2) is 0 Å². The molecule has 0 amide bonds. The second-order valence-electron chi connectivity index (χ2n) is 8.70. The first-order valence-corrected chi connectivity index (χ1v) is 11.1. The summed E-state index contributed by atoms with van der Waals surface area (Å²) in [4.78, 5) is 7.01. The molecule has 0 radical (unpaired) electrons. The highest BCUT2D eigenvalue weighted by atomic mass is 15.2. The predicted octanol–water partition coefficient (Wildman–Crippen LogP) is 6.58. The topological polar surface area (TPSA) is 15.6 Å². The third kappa shape index (κ3) is 4.25. The van der Waals surface area contributed by atoms with E-state index < -0.39 is 0 Å². The molecule has 4 aromatic rings. The van der Waals surface area contributed by atoms with Crippen LogP contribution in [0.25, 0.3) is 21.9 Å². The van der Waals surface area contributed by atoms with Crippen molar-refractivity contribution in [2.75, 3.05) is 6.54 Å². The van der Waals surface area contributed by atoms with Gasteiger partial charge < -0.3 is 4.90 Å². The lowest BCUT2D eigenvalue weighted by Gasteiger charge is -2.25. The fraction of sp³-hybridized carbons (Fsp3) is 0.207. The average molecular weight is 405 g/mol. The lowest BCUT2D eigenvalue weighted by atomic mass is 9.95. The van der Waals surface area contributed by atoms with E-state index in [2.05, 4.69) is 109 Å². The summed E-state index contributed by atoms with van der Waals surface area (Å²) in [6.45, 7) is 6.13. The molecule has 0 spiro atoms. The summed E-state index contributed by atoms with van der Waals surface area (Å²) in [5.74, 6) is 0. The van der Waals surface area contributed by atoms with E-state index in [0.29, 0.717) is 6.04 Å². The summed E-state index contributed by atoms with van der Waals surface area (Å²) >= 11 is 0. The number of benzene rings is 4. The van der Waals surface area contributed by atoms with Gasteiger partial charge in [0.1, 0.15) is 0 Å². The summed E-state index contributed by atoms with van der Waals surface area (Å²) in [6.07, 6.45) is 3.06. The average Bonchev–Trinajstić information content (AvgIpc) is 3.22. The van der Waals surface area contributed by atoms with Crippen LogP contribution in [0.15, 0.2) is 89.9 Å². The highest BCUT2D eigenvalue weighted by Gasteiger charge is 2.21. The minimum Gasteiger partial charge on any atom is -0.353 e. The van der Waals surface area contributed by atoms with Crippen molar-refractivity contribution in [1.82, 2.24) is 4.90 Å². The van der Waals surface area contributed by atoms with Gasteiger partial charge in [0.25, 0.3) is 0 Å². The second-order valence-corrected chi connectivity index (χ2v) is 8.70. The van der Waals surface area contributed by atoms with Crippen LogP contribution in [0.2, 0.25) is 0 Å². The summed E-state index contributed by atoms with van der Waals surface area (Å²) in [7, 11) is 0. The van der Waals surface area contributed by atoms with Gasteiger partial charge in [-0.3, -0.25) is 4.99 Å². The predicted molar refractivity (Wildman–Crippen MR) is 132 cm³/mol. The molecule has 2 nitrogen and oxygen atoms in total. The van der Waals surface area contributed by atoms with Gasteiger partial charge in [0.05, 0.1) is 18.9 Å². The smallest absolute Gasteiger partial charge is 0.0857 e. The van der Waals surface area contributed by atoms with Crippen molar-refractivity contribution in [3.05, 3.63) is 107 Å². The molecule has 0 bridgehead atoms. The van der Waals surface area contributed by atoms with Crippen molar-refractivity contribution >= 4 is 17.1 Å². The molecule has 31 heavy (non-hydrogen) atoms. The Balaban J connectivity index is 1.31. The summed E-state index contributed by atoms with van der Waals surface area (Å²) in [6, 6.07) is 31.4. The lowest BCUT2D eigenvalue weighted by molar-refractivity contribution is 0.341. The zero-order chi connectivity index (χ0) is 21.2. The van der Waals surface area contributed by atoms with Crippen LogP contribution in [-0.2, 0) is 13.0 Å². The van der Waals surface area contributed by atoms with Crippen LogP contribution in [0, 0.1) is 13.8 Å². The van der Waals surface area contributed by atoms with Crippen LogP contribution in [0.1, 0.15) is 22.3 Å². The number of fused-ring (bicyclic) bond motifs is 1. The molecule has 0 saturated carbocycles. The molecule has 0 saturated heterocycles. The van der Waals surface area contributed by atoms with E-state index in [9.17, 15) is 0 Å². The van der Waals surface area contributed by atoms with E-state index in [4.69, 9.17) is 0 Å². The fourth-order valence-corrected chi connectivity index (χ4v) is 4.48. The molecule has 1 unspecified atom stereocenters. The molecule has 0 N–H and O–H groups in total. The van der Waals surface area contributed by atoms with Crippen LogP contribution in [-0.4, -0.2) is 23.8 Å². The van der Waals surface area contributed by atoms with Gasteiger partial charge in [-0.05, 0) is 64.9 Å². The molecule has 1 atom stereocenters. The molecule has 1 aliphatic heterocycles. The largest absolute Gasteiger partial charge is 0.353 e. The monoisotopic (exact) mass is 404 g/mol. The molecule has 154 valence electrons. The molecular weight excluding hydrogens is 376 g/mol. The van der Waals surface area contributed by atoms with Crippen LogP contribution >= 0.6 is 0 Å². The molecule has 0 fully saturated rings. The molecule has 0 aromatic heterocycles. The lowest BCUT2D eigenvalue weighted by Crippen LogP contribution is -2.33. The normalized spacial score (nSPS) is 15.7. The second kappa shape index (κ2) is 8.39. The maximum absolute atomic E-state index is 4.60. The van der Waals surface area contributed by atoms with Crippen molar-refractivity contribution in [3.63, 3.8) is 0 Å². The third-order valence-corrected chi connectivity index (χ3v) is 6.38. The SMILES string of the molecule is Cc1ccc(-c2ccc(CC3CN=CN3Cc3ccc4ccccc4c3)c(C)c2)cc1. The Bertz CT molecular complexity index is 1240. The molecular formula is C29H28N2. The Hall–Kier alpha value is -3.39.